The molecule has 0 aliphatic heterocycles. The van der Waals surface area contributed by atoms with Crippen LogP contribution in [0.15, 0.2) is 61.2 Å². The van der Waals surface area contributed by atoms with Crippen LogP contribution in [0, 0.1) is 6.92 Å². The Morgan fingerprint density at radius 3 is 2.76 bits per heavy atom. The number of rotatable bonds is 6. The SMILES string of the molecule is Cc1cccc(C(C)(O)c2cc(-c3c[nH]c4ncc(-c5cnn(CCO)c5)cc34)nc(N)n2)c1. The van der Waals surface area contributed by atoms with Crippen molar-refractivity contribution in [2.75, 3.05) is 12.3 Å². The quantitative estimate of drug-likeness (QED) is 0.309. The lowest BCUT2D eigenvalue weighted by molar-refractivity contribution is 0.0974. The summed E-state index contributed by atoms with van der Waals surface area (Å²) in [5, 5.41) is 25.7. The van der Waals surface area contributed by atoms with Gasteiger partial charge < -0.3 is 20.9 Å². The molecule has 1 unspecified atom stereocenters. The van der Waals surface area contributed by atoms with Crippen LogP contribution in [0.25, 0.3) is 33.4 Å². The highest BCUT2D eigenvalue weighted by Crippen LogP contribution is 2.34. The number of anilines is 1. The van der Waals surface area contributed by atoms with Gasteiger partial charge in [0.15, 0.2) is 0 Å². The molecule has 0 spiro atoms. The summed E-state index contributed by atoms with van der Waals surface area (Å²) in [5.41, 5.74) is 10.7. The lowest BCUT2D eigenvalue weighted by Crippen LogP contribution is -2.25. The van der Waals surface area contributed by atoms with E-state index >= 15 is 0 Å². The largest absolute Gasteiger partial charge is 0.394 e. The number of nitrogens with zero attached hydrogens (tertiary/aromatic N) is 5. The number of aromatic amines is 1. The number of aromatic nitrogens is 6. The van der Waals surface area contributed by atoms with Gasteiger partial charge in [0.1, 0.15) is 11.2 Å². The highest BCUT2D eigenvalue weighted by atomic mass is 16.3. The van der Waals surface area contributed by atoms with E-state index in [1.807, 2.05) is 49.6 Å². The molecule has 0 aliphatic rings. The molecule has 5 rings (SSSR count). The maximum atomic E-state index is 11.4. The first-order valence-corrected chi connectivity index (χ1v) is 10.9. The van der Waals surface area contributed by atoms with E-state index < -0.39 is 5.60 Å². The van der Waals surface area contributed by atoms with Gasteiger partial charge in [-0.2, -0.15) is 5.10 Å². The molecule has 0 fully saturated rings. The molecule has 5 aromatic rings. The van der Waals surface area contributed by atoms with Gasteiger partial charge in [-0.05, 0) is 31.5 Å². The highest BCUT2D eigenvalue weighted by Gasteiger charge is 2.29. The zero-order chi connectivity index (χ0) is 23.9. The van der Waals surface area contributed by atoms with Crippen LogP contribution in [0.5, 0.6) is 0 Å². The minimum atomic E-state index is -1.35. The van der Waals surface area contributed by atoms with Gasteiger partial charge in [-0.3, -0.25) is 4.68 Å². The van der Waals surface area contributed by atoms with Crippen molar-refractivity contribution in [1.82, 2.24) is 29.7 Å². The molecule has 0 saturated heterocycles. The Bertz CT molecular complexity index is 1490. The third-order valence-corrected chi connectivity index (χ3v) is 5.93. The summed E-state index contributed by atoms with van der Waals surface area (Å²) in [5.74, 6) is 0.0733. The molecule has 0 radical (unpaired) electrons. The van der Waals surface area contributed by atoms with Gasteiger partial charge in [-0.1, -0.05) is 29.8 Å². The van der Waals surface area contributed by atoms with Crippen molar-refractivity contribution >= 4 is 17.0 Å². The van der Waals surface area contributed by atoms with E-state index in [0.29, 0.717) is 23.6 Å². The molecule has 9 heteroatoms. The molecule has 0 bridgehead atoms. The smallest absolute Gasteiger partial charge is 0.220 e. The summed E-state index contributed by atoms with van der Waals surface area (Å²) < 4.78 is 1.68. The van der Waals surface area contributed by atoms with Crippen molar-refractivity contribution in [2.24, 2.45) is 0 Å². The molecule has 4 aromatic heterocycles. The second kappa shape index (κ2) is 8.36. The van der Waals surface area contributed by atoms with Crippen molar-refractivity contribution in [3.05, 3.63) is 78.0 Å². The Morgan fingerprint density at radius 2 is 1.97 bits per heavy atom. The van der Waals surface area contributed by atoms with Gasteiger partial charge in [0.25, 0.3) is 0 Å². The predicted molar refractivity (Wildman–Crippen MR) is 130 cm³/mol. The number of nitrogen functional groups attached to an aromatic ring is 1. The molecule has 1 aromatic carbocycles. The number of aliphatic hydroxyl groups is 2. The van der Waals surface area contributed by atoms with E-state index in [-0.39, 0.29) is 12.6 Å². The molecule has 4 heterocycles. The maximum absolute atomic E-state index is 11.4. The number of hydrogen-bond donors (Lipinski definition) is 4. The summed E-state index contributed by atoms with van der Waals surface area (Å²) >= 11 is 0. The van der Waals surface area contributed by atoms with E-state index in [1.165, 1.54) is 0 Å². The van der Waals surface area contributed by atoms with Gasteiger partial charge in [0.2, 0.25) is 5.95 Å². The lowest BCUT2D eigenvalue weighted by atomic mass is 9.90. The Morgan fingerprint density at radius 1 is 1.12 bits per heavy atom. The summed E-state index contributed by atoms with van der Waals surface area (Å²) in [7, 11) is 0. The molecule has 34 heavy (non-hydrogen) atoms. The molecule has 0 saturated carbocycles. The number of pyridine rings is 1. The van der Waals surface area contributed by atoms with Crippen molar-refractivity contribution in [3.63, 3.8) is 0 Å². The van der Waals surface area contributed by atoms with Gasteiger partial charge in [-0.15, -0.1) is 0 Å². The van der Waals surface area contributed by atoms with Gasteiger partial charge >= 0.3 is 0 Å². The fourth-order valence-corrected chi connectivity index (χ4v) is 4.06. The second-order valence-electron chi connectivity index (χ2n) is 8.48. The van der Waals surface area contributed by atoms with E-state index in [1.54, 1.807) is 30.1 Å². The molecular formula is C25H25N7O2. The second-order valence-corrected chi connectivity index (χ2v) is 8.48. The van der Waals surface area contributed by atoms with E-state index in [2.05, 4.69) is 25.0 Å². The first-order chi connectivity index (χ1) is 16.3. The van der Waals surface area contributed by atoms with Crippen LogP contribution in [-0.2, 0) is 12.1 Å². The number of nitrogens with one attached hydrogen (secondary N) is 1. The highest BCUT2D eigenvalue weighted by molar-refractivity contribution is 5.95. The van der Waals surface area contributed by atoms with Crippen LogP contribution in [0.2, 0.25) is 0 Å². The first kappa shape index (κ1) is 21.7. The predicted octanol–water partition coefficient (Wildman–Crippen LogP) is 3.02. The summed E-state index contributed by atoms with van der Waals surface area (Å²) in [6, 6.07) is 11.4. The molecule has 1 atom stereocenters. The third kappa shape index (κ3) is 3.91. The van der Waals surface area contributed by atoms with Crippen molar-refractivity contribution in [1.29, 1.82) is 0 Å². The number of H-pyrrole nitrogens is 1. The molecule has 0 amide bonds. The minimum absolute atomic E-state index is 0.0180. The third-order valence-electron chi connectivity index (χ3n) is 5.93. The summed E-state index contributed by atoms with van der Waals surface area (Å²) in [4.78, 5) is 16.5. The molecule has 0 aliphatic carbocycles. The van der Waals surface area contributed by atoms with Crippen molar-refractivity contribution in [3.8, 4) is 22.4 Å². The topological polar surface area (TPSA) is 139 Å². The van der Waals surface area contributed by atoms with Gasteiger partial charge in [0.05, 0.1) is 30.7 Å². The fourth-order valence-electron chi connectivity index (χ4n) is 4.06. The normalized spacial score (nSPS) is 13.3. The van der Waals surface area contributed by atoms with Crippen molar-refractivity contribution < 1.29 is 10.2 Å². The zero-order valence-corrected chi connectivity index (χ0v) is 18.9. The fraction of sp³-hybridized carbons (Fsp3) is 0.200. The Labute approximate surface area is 196 Å². The number of aliphatic hydroxyl groups excluding tert-OH is 1. The van der Waals surface area contributed by atoms with E-state index in [9.17, 15) is 5.11 Å². The summed E-state index contributed by atoms with van der Waals surface area (Å²) in [6.07, 6.45) is 7.20. The molecule has 9 nitrogen and oxygen atoms in total. The van der Waals surface area contributed by atoms with Crippen LogP contribution < -0.4 is 5.73 Å². The standard InChI is InChI=1S/C25H25N7O2/c1-15-4-3-5-18(8-15)25(2,34)22-10-21(30-24(26)31-22)20-13-28-23-19(20)9-16(11-27-23)17-12-29-32(14-17)6-7-33/h3-5,8-14,33-34H,6-7H2,1-2H3,(H,27,28)(H2,26,30,31). The van der Waals surface area contributed by atoms with Crippen LogP contribution >= 0.6 is 0 Å². The maximum Gasteiger partial charge on any atom is 0.220 e. The Balaban J connectivity index is 1.59. The number of nitrogens with two attached hydrogens (primary N) is 1. The summed E-state index contributed by atoms with van der Waals surface area (Å²) in [6.45, 7) is 4.12. The number of fused-ring (bicyclic) bond motifs is 1. The molecular weight excluding hydrogens is 430 g/mol. The van der Waals surface area contributed by atoms with Gasteiger partial charge in [-0.25, -0.2) is 15.0 Å². The van der Waals surface area contributed by atoms with E-state index in [0.717, 1.165) is 33.2 Å². The number of benzene rings is 1. The monoisotopic (exact) mass is 455 g/mol. The number of aryl methyl sites for hydroxylation is 1. The Kier molecular flexibility index (Phi) is 5.35. The van der Waals surface area contributed by atoms with Crippen LogP contribution in [0.1, 0.15) is 23.7 Å². The van der Waals surface area contributed by atoms with Crippen molar-refractivity contribution in [2.45, 2.75) is 26.0 Å². The molecule has 172 valence electrons. The zero-order valence-electron chi connectivity index (χ0n) is 18.9. The molecule has 5 N–H and O–H groups in total. The average Bonchev–Trinajstić information content (AvgIpc) is 3.45. The lowest BCUT2D eigenvalue weighted by Gasteiger charge is -2.24. The van der Waals surface area contributed by atoms with Crippen LogP contribution in [0.3, 0.4) is 0 Å². The minimum Gasteiger partial charge on any atom is -0.394 e. The average molecular weight is 456 g/mol. The first-order valence-electron chi connectivity index (χ1n) is 10.9. The van der Waals surface area contributed by atoms with E-state index in [4.69, 9.17) is 10.8 Å². The Hall–Kier alpha value is -4.08. The van der Waals surface area contributed by atoms with Crippen LogP contribution in [0.4, 0.5) is 5.95 Å². The van der Waals surface area contributed by atoms with Crippen LogP contribution in [-0.4, -0.2) is 46.5 Å². The van der Waals surface area contributed by atoms with Gasteiger partial charge in [0, 0.05) is 40.7 Å². The number of hydrogen-bond acceptors (Lipinski definition) is 7.